The van der Waals surface area contributed by atoms with E-state index in [1.54, 1.807) is 0 Å². The van der Waals surface area contributed by atoms with Crippen LogP contribution in [0.1, 0.15) is 23.6 Å². The molecule has 1 atom stereocenters. The molecule has 2 heterocycles. The van der Waals surface area contributed by atoms with Gasteiger partial charge in [0.15, 0.2) is 5.82 Å². The minimum Gasteiger partial charge on any atom is -0.456 e. The Morgan fingerprint density at radius 2 is 0.947 bits per heavy atom. The van der Waals surface area contributed by atoms with E-state index in [9.17, 15) is 0 Å². The fourth-order valence-corrected chi connectivity index (χ4v) is 9.08. The fourth-order valence-electron chi connectivity index (χ4n) is 9.08. The van der Waals surface area contributed by atoms with Gasteiger partial charge in [0.05, 0.1) is 11.4 Å². The highest BCUT2D eigenvalue weighted by molar-refractivity contribution is 6.07. The quantitative estimate of drug-likeness (QED) is 0.171. The third-order valence-electron chi connectivity index (χ3n) is 11.8. The zero-order valence-corrected chi connectivity index (χ0v) is 31.4. The molecule has 0 N–H and O–H groups in total. The van der Waals surface area contributed by atoms with Gasteiger partial charge in [0, 0.05) is 32.9 Å². The molecule has 8 aromatic carbocycles. The van der Waals surface area contributed by atoms with E-state index in [4.69, 9.17) is 14.4 Å². The van der Waals surface area contributed by atoms with Crippen LogP contribution in [0.25, 0.3) is 89.2 Å². The molecule has 1 unspecified atom stereocenters. The molecule has 0 saturated carbocycles. The summed E-state index contributed by atoms with van der Waals surface area (Å²) in [6.07, 6.45) is 0. The van der Waals surface area contributed by atoms with Gasteiger partial charge in [-0.25, -0.2) is 9.97 Å². The van der Waals surface area contributed by atoms with Crippen LogP contribution in [0.5, 0.6) is 0 Å². The maximum Gasteiger partial charge on any atom is 0.160 e. The lowest BCUT2D eigenvalue weighted by Crippen LogP contribution is -2.22. The summed E-state index contributed by atoms with van der Waals surface area (Å²) in [4.78, 5) is 10.7. The van der Waals surface area contributed by atoms with Crippen molar-refractivity contribution in [3.63, 3.8) is 0 Å². The van der Waals surface area contributed by atoms with Gasteiger partial charge in [-0.3, -0.25) is 0 Å². The molecule has 11 rings (SSSR count). The first-order valence-corrected chi connectivity index (χ1v) is 19.5. The third-order valence-corrected chi connectivity index (χ3v) is 11.8. The Kier molecular flexibility index (Phi) is 7.61. The second-order valence-corrected chi connectivity index (χ2v) is 15.0. The number of aromatic nitrogens is 2. The highest BCUT2D eigenvalue weighted by atomic mass is 16.3. The van der Waals surface area contributed by atoms with Crippen molar-refractivity contribution in [3.8, 4) is 67.3 Å². The van der Waals surface area contributed by atoms with E-state index in [0.717, 1.165) is 72.3 Å². The highest BCUT2D eigenvalue weighted by Gasteiger charge is 2.41. The molecule has 3 nitrogen and oxygen atoms in total. The fraction of sp³-hybridized carbons (Fsp3) is 0.0370. The first-order chi connectivity index (χ1) is 28.1. The summed E-state index contributed by atoms with van der Waals surface area (Å²) in [7, 11) is 0. The van der Waals surface area contributed by atoms with Crippen LogP contribution >= 0.6 is 0 Å². The first-order valence-electron chi connectivity index (χ1n) is 19.5. The molecule has 268 valence electrons. The molecule has 3 heteroatoms. The Labute approximate surface area is 331 Å². The van der Waals surface area contributed by atoms with Crippen molar-refractivity contribution in [2.75, 3.05) is 0 Å². The summed E-state index contributed by atoms with van der Waals surface area (Å²) < 4.78 is 6.20. The van der Waals surface area contributed by atoms with Crippen molar-refractivity contribution < 1.29 is 4.42 Å². The molecule has 0 bridgehead atoms. The van der Waals surface area contributed by atoms with Gasteiger partial charge < -0.3 is 4.42 Å². The minimum atomic E-state index is -0.316. The second-order valence-electron chi connectivity index (χ2n) is 15.0. The van der Waals surface area contributed by atoms with Gasteiger partial charge in [0.25, 0.3) is 0 Å². The predicted molar refractivity (Wildman–Crippen MR) is 234 cm³/mol. The van der Waals surface area contributed by atoms with Crippen LogP contribution in [0.4, 0.5) is 0 Å². The predicted octanol–water partition coefficient (Wildman–Crippen LogP) is 14.0. The molecule has 0 amide bonds. The number of para-hydroxylation sites is 1. The van der Waals surface area contributed by atoms with Crippen molar-refractivity contribution in [1.82, 2.24) is 9.97 Å². The normalized spacial score (nSPS) is 14.5. The van der Waals surface area contributed by atoms with Crippen LogP contribution in [-0.4, -0.2) is 9.97 Å². The summed E-state index contributed by atoms with van der Waals surface area (Å²) in [5, 5.41) is 2.23. The molecular formula is C54H36N2O. The number of furan rings is 1. The molecule has 1 aliphatic carbocycles. The Morgan fingerprint density at radius 1 is 0.386 bits per heavy atom. The van der Waals surface area contributed by atoms with Crippen molar-refractivity contribution in [2.24, 2.45) is 0 Å². The highest BCUT2D eigenvalue weighted by Crippen LogP contribution is 2.55. The van der Waals surface area contributed by atoms with Crippen molar-refractivity contribution in [1.29, 1.82) is 0 Å². The monoisotopic (exact) mass is 728 g/mol. The van der Waals surface area contributed by atoms with Crippen LogP contribution in [0.3, 0.4) is 0 Å². The molecule has 57 heavy (non-hydrogen) atoms. The third kappa shape index (κ3) is 5.27. The van der Waals surface area contributed by atoms with E-state index in [1.807, 2.05) is 18.2 Å². The summed E-state index contributed by atoms with van der Waals surface area (Å²) in [6, 6.07) is 71.0. The summed E-state index contributed by atoms with van der Waals surface area (Å²) in [5.41, 5.74) is 17.2. The van der Waals surface area contributed by atoms with Crippen LogP contribution in [0.2, 0.25) is 0 Å². The molecule has 0 saturated heterocycles. The molecule has 10 aromatic rings. The first kappa shape index (κ1) is 33.0. The maximum absolute atomic E-state index is 6.20. The number of rotatable bonds is 6. The van der Waals surface area contributed by atoms with Gasteiger partial charge in [-0.05, 0) is 81.3 Å². The number of fused-ring (bicyclic) bond motifs is 6. The van der Waals surface area contributed by atoms with Gasteiger partial charge in [-0.1, -0.05) is 176 Å². The van der Waals surface area contributed by atoms with Crippen LogP contribution in [0.15, 0.2) is 205 Å². The smallest absolute Gasteiger partial charge is 0.160 e. The molecular weight excluding hydrogens is 693 g/mol. The van der Waals surface area contributed by atoms with Crippen molar-refractivity contribution in [2.45, 2.75) is 12.3 Å². The molecule has 0 radical (unpaired) electrons. The Bertz CT molecular complexity index is 3140. The molecule has 0 spiro atoms. The summed E-state index contributed by atoms with van der Waals surface area (Å²) in [6.45, 7) is 2.36. The van der Waals surface area contributed by atoms with E-state index >= 15 is 0 Å². The Hall–Kier alpha value is -7.36. The average Bonchev–Trinajstić information content (AvgIpc) is 3.79. The van der Waals surface area contributed by atoms with E-state index in [2.05, 4.69) is 189 Å². The van der Waals surface area contributed by atoms with Gasteiger partial charge >= 0.3 is 0 Å². The second kappa shape index (κ2) is 13.1. The van der Waals surface area contributed by atoms with E-state index in [0.29, 0.717) is 5.82 Å². The van der Waals surface area contributed by atoms with Gasteiger partial charge in [-0.2, -0.15) is 0 Å². The van der Waals surface area contributed by atoms with Crippen molar-refractivity contribution >= 4 is 21.9 Å². The number of hydrogen-bond acceptors (Lipinski definition) is 3. The van der Waals surface area contributed by atoms with E-state index in [1.165, 1.54) is 27.8 Å². The lowest BCUT2D eigenvalue weighted by Gasteiger charge is -2.28. The van der Waals surface area contributed by atoms with Gasteiger partial charge in [0.2, 0.25) is 0 Å². The number of nitrogens with zero attached hydrogens (tertiary/aromatic N) is 2. The lowest BCUT2D eigenvalue weighted by atomic mass is 9.74. The maximum atomic E-state index is 6.20. The number of hydrogen-bond donors (Lipinski definition) is 0. The topological polar surface area (TPSA) is 38.9 Å². The SMILES string of the molecule is CC1(c2ccccc2)c2ccccc2-c2c(-c3cc(-c4ccccc4-c4ccccc4-c4ccc5oc6ccccc6c5c4)nc(-c4ccccc4)n3)cccc21. The Balaban J connectivity index is 1.12. The summed E-state index contributed by atoms with van der Waals surface area (Å²) in [5.74, 6) is 0.693. The van der Waals surface area contributed by atoms with E-state index in [-0.39, 0.29) is 5.41 Å². The van der Waals surface area contributed by atoms with Gasteiger partial charge in [0.1, 0.15) is 11.2 Å². The molecule has 0 aliphatic heterocycles. The standard InChI is InChI=1S/C54H36N2O/c1-54(37-19-6-3-7-20-37)46-28-14-12-26-43(46)52-44(27-16-29-47(52)54)49-34-48(55-53(56-49)35-17-4-2-5-18-35)41-24-11-10-23-40(41)39-22-9-8-21-38(39)36-31-32-51-45(33-36)42-25-13-15-30-50(42)57-51/h2-34H,1H3. The minimum absolute atomic E-state index is 0.316. The Morgan fingerprint density at radius 3 is 1.74 bits per heavy atom. The van der Waals surface area contributed by atoms with Gasteiger partial charge in [-0.15, -0.1) is 0 Å². The summed E-state index contributed by atoms with van der Waals surface area (Å²) >= 11 is 0. The number of benzene rings is 8. The molecule has 0 fully saturated rings. The van der Waals surface area contributed by atoms with Crippen LogP contribution in [0, 0.1) is 0 Å². The average molecular weight is 729 g/mol. The van der Waals surface area contributed by atoms with E-state index < -0.39 is 0 Å². The largest absolute Gasteiger partial charge is 0.456 e. The van der Waals surface area contributed by atoms with Crippen LogP contribution in [-0.2, 0) is 5.41 Å². The zero-order valence-electron chi connectivity index (χ0n) is 31.4. The lowest BCUT2D eigenvalue weighted by molar-refractivity contribution is 0.669. The molecule has 1 aliphatic rings. The molecule has 2 aromatic heterocycles. The zero-order chi connectivity index (χ0) is 37.9. The van der Waals surface area contributed by atoms with Crippen LogP contribution < -0.4 is 0 Å². The van der Waals surface area contributed by atoms with Crippen molar-refractivity contribution in [3.05, 3.63) is 217 Å².